The number of aromatic amines is 1. The lowest BCUT2D eigenvalue weighted by Gasteiger charge is -2.11. The number of carbonyl (C=O) groups excluding carboxylic acids is 1. The van der Waals surface area contributed by atoms with E-state index >= 15 is 0 Å². The highest BCUT2D eigenvalue weighted by Gasteiger charge is 2.18. The van der Waals surface area contributed by atoms with Gasteiger partial charge in [-0.3, -0.25) is 14.7 Å². The minimum atomic E-state index is -0.345. The molecule has 2 aromatic carbocycles. The number of carbonyl (C=O) groups is 1. The standard InChI is InChI=1S/C18H14Cl4N4O2/c1-8-17(24-15-7-11(23-9(2)27)3-4-12(15)20)25-26(18(8)28)16-13(21)5-10(19)6-14(16)22/h3-7,24-25H,1-2H3,(H,23,27). The molecule has 6 nitrogen and oxygen atoms in total. The van der Waals surface area contributed by atoms with Gasteiger partial charge < -0.3 is 10.6 Å². The minimum Gasteiger partial charge on any atom is -0.339 e. The van der Waals surface area contributed by atoms with Gasteiger partial charge in [-0.2, -0.15) is 0 Å². The van der Waals surface area contributed by atoms with Crippen LogP contribution in [0.3, 0.4) is 0 Å². The summed E-state index contributed by atoms with van der Waals surface area (Å²) in [6, 6.07) is 7.94. The van der Waals surface area contributed by atoms with Crippen molar-refractivity contribution in [1.82, 2.24) is 9.78 Å². The minimum absolute atomic E-state index is 0.212. The molecule has 1 aromatic heterocycles. The Hall–Kier alpha value is -2.12. The van der Waals surface area contributed by atoms with Crippen LogP contribution in [-0.4, -0.2) is 15.7 Å². The molecule has 146 valence electrons. The first-order valence-electron chi connectivity index (χ1n) is 7.98. The van der Waals surface area contributed by atoms with Crippen LogP contribution in [0.1, 0.15) is 12.5 Å². The zero-order chi connectivity index (χ0) is 20.6. The first-order chi connectivity index (χ1) is 13.2. The molecule has 0 aliphatic rings. The highest BCUT2D eigenvalue weighted by Crippen LogP contribution is 2.33. The SMILES string of the molecule is CC(=O)Nc1ccc(Cl)c(Nc2[nH]n(-c3c(Cl)cc(Cl)cc3Cl)c(=O)c2C)c1. The number of amides is 1. The fraction of sp³-hybridized carbons (Fsp3) is 0.111. The van der Waals surface area contributed by atoms with Crippen molar-refractivity contribution in [3.05, 3.63) is 66.3 Å². The van der Waals surface area contributed by atoms with Crippen molar-refractivity contribution >= 4 is 69.5 Å². The molecule has 3 rings (SSSR count). The molecule has 3 aromatic rings. The van der Waals surface area contributed by atoms with Gasteiger partial charge in [-0.25, -0.2) is 4.68 Å². The first kappa shape index (κ1) is 20.6. The molecule has 0 bridgehead atoms. The van der Waals surface area contributed by atoms with E-state index in [2.05, 4.69) is 15.7 Å². The lowest BCUT2D eigenvalue weighted by Crippen LogP contribution is -2.16. The maximum absolute atomic E-state index is 12.7. The summed E-state index contributed by atoms with van der Waals surface area (Å²) in [4.78, 5) is 24.0. The summed E-state index contributed by atoms with van der Waals surface area (Å²) < 4.78 is 1.23. The summed E-state index contributed by atoms with van der Waals surface area (Å²) in [6.45, 7) is 3.05. The third-order valence-corrected chi connectivity index (χ3v) is 5.00. The molecule has 0 aliphatic carbocycles. The molecule has 0 radical (unpaired) electrons. The normalized spacial score (nSPS) is 10.8. The lowest BCUT2D eigenvalue weighted by molar-refractivity contribution is -0.114. The molecule has 0 atom stereocenters. The first-order valence-corrected chi connectivity index (χ1v) is 9.49. The van der Waals surface area contributed by atoms with Crippen LogP contribution in [0.15, 0.2) is 35.1 Å². The van der Waals surface area contributed by atoms with Crippen LogP contribution in [0, 0.1) is 6.92 Å². The maximum atomic E-state index is 12.7. The maximum Gasteiger partial charge on any atom is 0.276 e. The molecule has 1 amide bonds. The largest absolute Gasteiger partial charge is 0.339 e. The highest BCUT2D eigenvalue weighted by atomic mass is 35.5. The van der Waals surface area contributed by atoms with E-state index in [9.17, 15) is 9.59 Å². The van der Waals surface area contributed by atoms with E-state index in [4.69, 9.17) is 46.4 Å². The van der Waals surface area contributed by atoms with Crippen molar-refractivity contribution in [3.63, 3.8) is 0 Å². The predicted octanol–water partition coefficient (Wildman–Crippen LogP) is 5.79. The van der Waals surface area contributed by atoms with Gasteiger partial charge in [0.25, 0.3) is 5.56 Å². The number of anilines is 3. The van der Waals surface area contributed by atoms with E-state index in [1.54, 1.807) is 25.1 Å². The molecule has 28 heavy (non-hydrogen) atoms. The van der Waals surface area contributed by atoms with Crippen molar-refractivity contribution in [2.24, 2.45) is 0 Å². The van der Waals surface area contributed by atoms with E-state index in [1.807, 2.05) is 0 Å². The third-order valence-electron chi connectivity index (χ3n) is 3.87. The van der Waals surface area contributed by atoms with Gasteiger partial charge in [0.2, 0.25) is 5.91 Å². The Balaban J connectivity index is 2.04. The summed E-state index contributed by atoms with van der Waals surface area (Å²) >= 11 is 24.6. The fourth-order valence-electron chi connectivity index (χ4n) is 2.59. The van der Waals surface area contributed by atoms with Gasteiger partial charge in [-0.05, 0) is 37.3 Å². The van der Waals surface area contributed by atoms with Gasteiger partial charge in [0.05, 0.1) is 26.3 Å². The fourth-order valence-corrected chi connectivity index (χ4v) is 3.74. The molecule has 10 heteroatoms. The van der Waals surface area contributed by atoms with Crippen molar-refractivity contribution in [2.75, 3.05) is 10.6 Å². The quantitative estimate of drug-likeness (QED) is 0.462. The molecule has 3 N–H and O–H groups in total. The van der Waals surface area contributed by atoms with Gasteiger partial charge in [0.1, 0.15) is 11.5 Å². The van der Waals surface area contributed by atoms with Crippen molar-refractivity contribution in [1.29, 1.82) is 0 Å². The molecule has 0 saturated heterocycles. The number of H-pyrrole nitrogens is 1. The van der Waals surface area contributed by atoms with Gasteiger partial charge in [-0.1, -0.05) is 46.4 Å². The summed E-state index contributed by atoms with van der Waals surface area (Å²) in [7, 11) is 0. The molecular formula is C18H14Cl4N4O2. The number of halogens is 4. The smallest absolute Gasteiger partial charge is 0.276 e. The number of hydrogen-bond donors (Lipinski definition) is 3. The Morgan fingerprint density at radius 2 is 1.68 bits per heavy atom. The summed E-state index contributed by atoms with van der Waals surface area (Å²) in [5.74, 6) is 0.185. The number of hydrogen-bond acceptors (Lipinski definition) is 3. The Morgan fingerprint density at radius 3 is 2.29 bits per heavy atom. The lowest BCUT2D eigenvalue weighted by atomic mass is 10.2. The van der Waals surface area contributed by atoms with Crippen LogP contribution in [-0.2, 0) is 4.79 Å². The zero-order valence-electron chi connectivity index (χ0n) is 14.7. The van der Waals surface area contributed by atoms with Crippen molar-refractivity contribution < 1.29 is 4.79 Å². The second-order valence-corrected chi connectivity index (χ2v) is 7.63. The van der Waals surface area contributed by atoms with Crippen LogP contribution >= 0.6 is 46.4 Å². The number of benzene rings is 2. The van der Waals surface area contributed by atoms with Gasteiger partial charge in [-0.15, -0.1) is 0 Å². The average Bonchev–Trinajstić information content (AvgIpc) is 2.85. The second kappa shape index (κ2) is 8.09. The monoisotopic (exact) mass is 458 g/mol. The Labute approximate surface area is 180 Å². The predicted molar refractivity (Wildman–Crippen MR) is 115 cm³/mol. The van der Waals surface area contributed by atoms with Gasteiger partial charge in [0, 0.05) is 17.6 Å². The molecule has 0 saturated carbocycles. The Kier molecular flexibility index (Phi) is 5.95. The molecule has 1 heterocycles. The summed E-state index contributed by atoms with van der Waals surface area (Å²) in [6.07, 6.45) is 0. The van der Waals surface area contributed by atoms with E-state index in [1.165, 1.54) is 23.7 Å². The number of rotatable bonds is 4. The average molecular weight is 460 g/mol. The summed E-state index contributed by atoms with van der Waals surface area (Å²) in [5, 5.41) is 9.88. The van der Waals surface area contributed by atoms with E-state index in [0.29, 0.717) is 32.8 Å². The summed E-state index contributed by atoms with van der Waals surface area (Å²) in [5.41, 5.74) is 1.39. The number of nitrogens with zero attached hydrogens (tertiary/aromatic N) is 1. The number of aromatic nitrogens is 2. The van der Waals surface area contributed by atoms with Crippen molar-refractivity contribution in [2.45, 2.75) is 13.8 Å². The van der Waals surface area contributed by atoms with Gasteiger partial charge >= 0.3 is 0 Å². The topological polar surface area (TPSA) is 78.9 Å². The van der Waals surface area contributed by atoms with Crippen LogP contribution < -0.4 is 16.2 Å². The Morgan fingerprint density at radius 1 is 1.04 bits per heavy atom. The molecule has 0 spiro atoms. The van der Waals surface area contributed by atoms with Crippen LogP contribution in [0.2, 0.25) is 20.1 Å². The van der Waals surface area contributed by atoms with Crippen LogP contribution in [0.25, 0.3) is 5.69 Å². The van der Waals surface area contributed by atoms with E-state index in [-0.39, 0.29) is 27.2 Å². The van der Waals surface area contributed by atoms with Crippen LogP contribution in [0.5, 0.6) is 0 Å². The molecule has 0 unspecified atom stereocenters. The molecule has 0 aliphatic heterocycles. The van der Waals surface area contributed by atoms with Crippen LogP contribution in [0.4, 0.5) is 17.2 Å². The molecular weight excluding hydrogens is 446 g/mol. The zero-order valence-corrected chi connectivity index (χ0v) is 17.7. The van der Waals surface area contributed by atoms with Gasteiger partial charge in [0.15, 0.2) is 0 Å². The van der Waals surface area contributed by atoms with E-state index in [0.717, 1.165) is 0 Å². The number of nitrogens with one attached hydrogen (secondary N) is 3. The third kappa shape index (κ3) is 4.15. The Bertz CT molecular complexity index is 1110. The second-order valence-electron chi connectivity index (χ2n) is 5.97. The van der Waals surface area contributed by atoms with E-state index < -0.39 is 0 Å². The molecule has 0 fully saturated rings. The van der Waals surface area contributed by atoms with Crippen molar-refractivity contribution in [3.8, 4) is 5.69 Å². The highest BCUT2D eigenvalue weighted by molar-refractivity contribution is 6.40.